The molecule has 17 heavy (non-hydrogen) atoms. The Morgan fingerprint density at radius 2 is 2.00 bits per heavy atom. The van der Waals surface area contributed by atoms with Crippen LogP contribution in [0.2, 0.25) is 0 Å². The number of rotatable bonds is 6. The predicted octanol–water partition coefficient (Wildman–Crippen LogP) is 2.53. The molecule has 0 amide bonds. The van der Waals surface area contributed by atoms with Gasteiger partial charge in [-0.15, -0.1) is 0 Å². The number of aliphatic carboxylic acids is 1. The van der Waals surface area contributed by atoms with Crippen LogP contribution in [0.5, 0.6) is 0 Å². The summed E-state index contributed by atoms with van der Waals surface area (Å²) in [5.41, 5.74) is 7.63. The lowest BCUT2D eigenvalue weighted by molar-refractivity contribution is -0.141. The lowest BCUT2D eigenvalue weighted by Crippen LogP contribution is -2.10. The highest BCUT2D eigenvalue weighted by Gasteiger charge is 2.10. The van der Waals surface area contributed by atoms with E-state index in [4.69, 9.17) is 16.2 Å². The molecular formula is C13H18N2O2. The molecule has 1 atom stereocenters. The van der Waals surface area contributed by atoms with Crippen LogP contribution >= 0.6 is 0 Å². The first kappa shape index (κ1) is 13.2. The smallest absolute Gasteiger partial charge is 0.306 e. The van der Waals surface area contributed by atoms with E-state index in [1.54, 1.807) is 19.1 Å². The zero-order chi connectivity index (χ0) is 12.8. The lowest BCUT2D eigenvalue weighted by Gasteiger charge is -2.07. The Bertz CT molecular complexity index is 398. The molecule has 4 heteroatoms. The zero-order valence-corrected chi connectivity index (χ0v) is 9.94. The fraction of sp³-hybridized carbons (Fsp3) is 0.385. The Kier molecular flexibility index (Phi) is 4.69. The van der Waals surface area contributed by atoms with E-state index in [2.05, 4.69) is 0 Å². The standard InChI is InChI=1S/C13H18N2O2/c1-9(13(16)17)3-2-4-12(15)10-5-7-11(14)8-6-10/h5-9,15H,2-4,14H2,1H3,(H,16,17). The van der Waals surface area contributed by atoms with Crippen LogP contribution in [-0.2, 0) is 4.79 Å². The average molecular weight is 234 g/mol. The van der Waals surface area contributed by atoms with E-state index in [9.17, 15) is 4.79 Å². The molecule has 92 valence electrons. The maximum Gasteiger partial charge on any atom is 0.306 e. The molecule has 0 saturated carbocycles. The molecule has 4 nitrogen and oxygen atoms in total. The highest BCUT2D eigenvalue weighted by atomic mass is 16.4. The summed E-state index contributed by atoms with van der Waals surface area (Å²) in [5, 5.41) is 16.6. The summed E-state index contributed by atoms with van der Waals surface area (Å²) in [6.45, 7) is 1.69. The van der Waals surface area contributed by atoms with Gasteiger partial charge in [0.1, 0.15) is 0 Å². The van der Waals surface area contributed by atoms with Gasteiger partial charge in [0.2, 0.25) is 0 Å². The molecule has 1 rings (SSSR count). The molecule has 0 aliphatic heterocycles. The number of nitrogen functional groups attached to an aromatic ring is 1. The third kappa shape index (κ3) is 4.26. The van der Waals surface area contributed by atoms with Crippen molar-refractivity contribution in [1.29, 1.82) is 5.41 Å². The molecule has 1 unspecified atom stereocenters. The average Bonchev–Trinajstić information content (AvgIpc) is 2.29. The van der Waals surface area contributed by atoms with Crippen molar-refractivity contribution in [3.63, 3.8) is 0 Å². The van der Waals surface area contributed by atoms with Crippen LogP contribution in [0.4, 0.5) is 5.69 Å². The van der Waals surface area contributed by atoms with E-state index in [0.29, 0.717) is 24.2 Å². The van der Waals surface area contributed by atoms with Crippen molar-refractivity contribution in [2.45, 2.75) is 26.2 Å². The van der Waals surface area contributed by atoms with Gasteiger partial charge >= 0.3 is 5.97 Å². The van der Waals surface area contributed by atoms with Gasteiger partial charge in [-0.3, -0.25) is 4.79 Å². The summed E-state index contributed by atoms with van der Waals surface area (Å²) in [5.74, 6) is -1.11. The summed E-state index contributed by atoms with van der Waals surface area (Å²) in [6.07, 6.45) is 1.92. The number of nitrogens with one attached hydrogen (secondary N) is 1. The summed E-state index contributed by atoms with van der Waals surface area (Å²) < 4.78 is 0. The van der Waals surface area contributed by atoms with Gasteiger partial charge in [0, 0.05) is 11.4 Å². The van der Waals surface area contributed by atoms with Gasteiger partial charge in [-0.2, -0.15) is 0 Å². The van der Waals surface area contributed by atoms with Crippen LogP contribution in [0, 0.1) is 11.3 Å². The SMILES string of the molecule is CC(CCCC(=N)c1ccc(N)cc1)C(=O)O. The Labute approximate surface area is 101 Å². The summed E-state index contributed by atoms with van der Waals surface area (Å²) in [4.78, 5) is 10.6. The van der Waals surface area contributed by atoms with E-state index in [-0.39, 0.29) is 5.92 Å². The maximum atomic E-state index is 10.6. The number of anilines is 1. The van der Waals surface area contributed by atoms with Crippen molar-refractivity contribution in [2.75, 3.05) is 5.73 Å². The van der Waals surface area contributed by atoms with Crippen molar-refractivity contribution < 1.29 is 9.90 Å². The first-order chi connectivity index (χ1) is 8.00. The largest absolute Gasteiger partial charge is 0.481 e. The molecular weight excluding hydrogens is 216 g/mol. The molecule has 1 aromatic rings. The van der Waals surface area contributed by atoms with Gasteiger partial charge in [-0.05, 0) is 37.0 Å². The minimum Gasteiger partial charge on any atom is -0.481 e. The van der Waals surface area contributed by atoms with Gasteiger partial charge in [0.25, 0.3) is 0 Å². The van der Waals surface area contributed by atoms with Crippen LogP contribution in [0.25, 0.3) is 0 Å². The van der Waals surface area contributed by atoms with E-state index < -0.39 is 5.97 Å². The van der Waals surface area contributed by atoms with Crippen molar-refractivity contribution >= 4 is 17.4 Å². The molecule has 0 aromatic heterocycles. The monoisotopic (exact) mass is 234 g/mol. The number of benzene rings is 1. The third-order valence-electron chi connectivity index (χ3n) is 2.74. The predicted molar refractivity (Wildman–Crippen MR) is 68.3 cm³/mol. The second kappa shape index (κ2) is 6.03. The molecule has 0 spiro atoms. The second-order valence-electron chi connectivity index (χ2n) is 4.23. The molecule has 1 aromatic carbocycles. The zero-order valence-electron chi connectivity index (χ0n) is 9.94. The maximum absolute atomic E-state index is 10.6. The fourth-order valence-corrected chi connectivity index (χ4v) is 1.54. The molecule has 0 saturated heterocycles. The number of hydrogen-bond acceptors (Lipinski definition) is 3. The number of carboxylic acid groups (broad SMARTS) is 1. The normalized spacial score (nSPS) is 12.1. The van der Waals surface area contributed by atoms with E-state index in [1.165, 1.54) is 0 Å². The van der Waals surface area contributed by atoms with E-state index in [0.717, 1.165) is 12.0 Å². The fourth-order valence-electron chi connectivity index (χ4n) is 1.54. The van der Waals surface area contributed by atoms with Gasteiger partial charge in [-0.25, -0.2) is 0 Å². The van der Waals surface area contributed by atoms with Crippen molar-refractivity contribution in [2.24, 2.45) is 5.92 Å². The first-order valence-electron chi connectivity index (χ1n) is 5.67. The molecule has 0 fully saturated rings. The first-order valence-corrected chi connectivity index (χ1v) is 5.67. The van der Waals surface area contributed by atoms with Crippen LogP contribution < -0.4 is 5.73 Å². The Balaban J connectivity index is 2.40. The Hall–Kier alpha value is -1.84. The number of hydrogen-bond donors (Lipinski definition) is 3. The minimum atomic E-state index is -0.774. The van der Waals surface area contributed by atoms with Crippen LogP contribution in [0.3, 0.4) is 0 Å². The topological polar surface area (TPSA) is 87.2 Å². The molecule has 0 heterocycles. The molecule has 0 bridgehead atoms. The summed E-state index contributed by atoms with van der Waals surface area (Å²) in [6, 6.07) is 7.17. The minimum absolute atomic E-state index is 0.339. The Morgan fingerprint density at radius 3 is 2.53 bits per heavy atom. The number of carbonyl (C=O) groups is 1. The van der Waals surface area contributed by atoms with Crippen LogP contribution in [0.1, 0.15) is 31.7 Å². The molecule has 4 N–H and O–H groups in total. The molecule has 0 radical (unpaired) electrons. The lowest BCUT2D eigenvalue weighted by atomic mass is 10.00. The van der Waals surface area contributed by atoms with Crippen molar-refractivity contribution in [3.05, 3.63) is 29.8 Å². The summed E-state index contributed by atoms with van der Waals surface area (Å²) in [7, 11) is 0. The highest BCUT2D eigenvalue weighted by Crippen LogP contribution is 2.13. The highest BCUT2D eigenvalue weighted by molar-refractivity contribution is 5.98. The molecule has 0 aliphatic rings. The van der Waals surface area contributed by atoms with E-state index >= 15 is 0 Å². The van der Waals surface area contributed by atoms with E-state index in [1.807, 2.05) is 12.1 Å². The number of nitrogens with two attached hydrogens (primary N) is 1. The summed E-state index contributed by atoms with van der Waals surface area (Å²) >= 11 is 0. The van der Waals surface area contributed by atoms with Crippen molar-refractivity contribution in [1.82, 2.24) is 0 Å². The van der Waals surface area contributed by atoms with Gasteiger partial charge in [0.05, 0.1) is 5.92 Å². The number of carboxylic acids is 1. The van der Waals surface area contributed by atoms with Gasteiger partial charge < -0.3 is 16.2 Å². The second-order valence-corrected chi connectivity index (χ2v) is 4.23. The van der Waals surface area contributed by atoms with Gasteiger partial charge in [0.15, 0.2) is 0 Å². The third-order valence-corrected chi connectivity index (χ3v) is 2.74. The van der Waals surface area contributed by atoms with Crippen LogP contribution in [0.15, 0.2) is 24.3 Å². The Morgan fingerprint density at radius 1 is 1.41 bits per heavy atom. The van der Waals surface area contributed by atoms with Gasteiger partial charge in [-0.1, -0.05) is 19.1 Å². The quantitative estimate of drug-likeness (QED) is 0.522. The van der Waals surface area contributed by atoms with Crippen molar-refractivity contribution in [3.8, 4) is 0 Å². The van der Waals surface area contributed by atoms with Crippen LogP contribution in [-0.4, -0.2) is 16.8 Å². The molecule has 0 aliphatic carbocycles.